The lowest BCUT2D eigenvalue weighted by Crippen LogP contribution is -3.20. The van der Waals surface area contributed by atoms with Gasteiger partial charge in [0.1, 0.15) is 45.1 Å². The first-order valence-electron chi connectivity index (χ1n) is 5.88. The summed E-state index contributed by atoms with van der Waals surface area (Å²) < 4.78 is 6.80. The Morgan fingerprint density at radius 3 is 2.88 bits per heavy atom. The van der Waals surface area contributed by atoms with Gasteiger partial charge in [-0.2, -0.15) is 0 Å². The molecule has 0 atom stereocenters. The van der Waals surface area contributed by atoms with Crippen molar-refractivity contribution in [1.82, 2.24) is 0 Å². The van der Waals surface area contributed by atoms with Crippen molar-refractivity contribution in [3.63, 3.8) is 0 Å². The third-order valence-electron chi connectivity index (χ3n) is 2.92. The number of halogens is 1. The Hall–Kier alpha value is -0.580. The second-order valence-corrected chi connectivity index (χ2v) is 5.09. The molecule has 1 fully saturated rings. The van der Waals surface area contributed by atoms with Gasteiger partial charge < -0.3 is 15.0 Å². The van der Waals surface area contributed by atoms with Crippen molar-refractivity contribution in [1.29, 1.82) is 0 Å². The fourth-order valence-corrected chi connectivity index (χ4v) is 2.38. The number of rotatable bonds is 4. The second kappa shape index (κ2) is 6.23. The molecule has 0 spiro atoms. The van der Waals surface area contributed by atoms with Crippen molar-refractivity contribution in [3.8, 4) is 5.75 Å². The Morgan fingerprint density at radius 2 is 2.12 bits per heavy atom. The Morgan fingerprint density at radius 1 is 1.31 bits per heavy atom. The van der Waals surface area contributed by atoms with E-state index in [2.05, 4.69) is 21.2 Å². The van der Waals surface area contributed by atoms with Crippen LogP contribution in [0.5, 0.6) is 5.75 Å². The number of ether oxygens (including phenoxy) is 1. The number of nitrogens with two attached hydrogens (primary N) is 1. The minimum absolute atomic E-state index is 0.811. The predicted molar refractivity (Wildman–Crippen MR) is 66.9 cm³/mol. The van der Waals surface area contributed by atoms with Crippen LogP contribution in [0.3, 0.4) is 0 Å². The molecule has 1 aromatic rings. The fraction of sp³-hybridized carbons (Fsp3) is 0.500. The number of nitrogens with one attached hydrogen (secondary N) is 1. The molecule has 0 radical (unpaired) electrons. The highest BCUT2D eigenvalue weighted by Crippen LogP contribution is 2.17. The quantitative estimate of drug-likeness (QED) is 0.753. The highest BCUT2D eigenvalue weighted by Gasteiger charge is 2.14. The van der Waals surface area contributed by atoms with E-state index in [1.165, 1.54) is 26.2 Å². The molecule has 1 aliphatic heterocycles. The first kappa shape index (κ1) is 11.9. The van der Waals surface area contributed by atoms with Gasteiger partial charge in [-0.1, -0.05) is 22.0 Å². The van der Waals surface area contributed by atoms with Gasteiger partial charge in [0.25, 0.3) is 0 Å². The number of piperazine rings is 1. The first-order valence-corrected chi connectivity index (χ1v) is 6.67. The monoisotopic (exact) mass is 286 g/mol. The van der Waals surface area contributed by atoms with Crippen LogP contribution in [0.1, 0.15) is 0 Å². The molecule has 1 saturated heterocycles. The number of hydrogen-bond acceptors (Lipinski definition) is 1. The first-order chi connectivity index (χ1) is 7.84. The van der Waals surface area contributed by atoms with Crippen LogP contribution in [-0.2, 0) is 0 Å². The minimum atomic E-state index is 0.811. The minimum Gasteiger partial charge on any atom is -0.488 e. The molecule has 1 heterocycles. The van der Waals surface area contributed by atoms with Gasteiger partial charge in [-0.15, -0.1) is 0 Å². The van der Waals surface area contributed by atoms with Crippen LogP contribution in [0.2, 0.25) is 0 Å². The zero-order chi connectivity index (χ0) is 11.2. The molecule has 0 aromatic heterocycles. The molecule has 0 amide bonds. The van der Waals surface area contributed by atoms with E-state index in [-0.39, 0.29) is 0 Å². The standard InChI is InChI=1S/C12H17BrN2O/c13-11-2-1-3-12(10-11)16-9-8-15-6-4-14-5-7-15/h1-3,10,14H,4-9H2/p+2. The van der Waals surface area contributed by atoms with Crippen LogP contribution >= 0.6 is 15.9 Å². The molecule has 3 N–H and O–H groups in total. The van der Waals surface area contributed by atoms with Gasteiger partial charge in [-0.05, 0) is 18.2 Å². The van der Waals surface area contributed by atoms with Crippen molar-refractivity contribution in [2.24, 2.45) is 0 Å². The molecule has 0 saturated carbocycles. The summed E-state index contributed by atoms with van der Waals surface area (Å²) >= 11 is 3.44. The summed E-state index contributed by atoms with van der Waals surface area (Å²) in [5.74, 6) is 0.956. The summed E-state index contributed by atoms with van der Waals surface area (Å²) in [5, 5.41) is 2.39. The molecule has 0 aliphatic carbocycles. The van der Waals surface area contributed by atoms with Crippen molar-refractivity contribution < 1.29 is 15.0 Å². The van der Waals surface area contributed by atoms with Crippen molar-refractivity contribution in [3.05, 3.63) is 28.7 Å². The van der Waals surface area contributed by atoms with Gasteiger partial charge in [0.2, 0.25) is 0 Å². The molecule has 1 aromatic carbocycles. The maximum atomic E-state index is 5.73. The maximum Gasteiger partial charge on any atom is 0.137 e. The summed E-state index contributed by atoms with van der Waals surface area (Å²) in [5.41, 5.74) is 0. The summed E-state index contributed by atoms with van der Waals surface area (Å²) in [6.45, 7) is 6.97. The van der Waals surface area contributed by atoms with Gasteiger partial charge in [-0.3, -0.25) is 0 Å². The van der Waals surface area contributed by atoms with Gasteiger partial charge in [0.15, 0.2) is 0 Å². The van der Waals surface area contributed by atoms with E-state index >= 15 is 0 Å². The molecule has 0 bridgehead atoms. The molecule has 0 unspecified atom stereocenters. The van der Waals surface area contributed by atoms with Gasteiger partial charge in [-0.25, -0.2) is 0 Å². The second-order valence-electron chi connectivity index (χ2n) is 4.17. The van der Waals surface area contributed by atoms with E-state index in [0.717, 1.165) is 23.4 Å². The molecule has 1 aliphatic rings. The maximum absolute atomic E-state index is 5.73. The normalized spacial score (nSPS) is 17.3. The third kappa shape index (κ3) is 3.77. The Kier molecular flexibility index (Phi) is 4.63. The molecule has 88 valence electrons. The molecule has 4 heteroatoms. The molecule has 2 rings (SSSR count). The van der Waals surface area contributed by atoms with Gasteiger partial charge in [0.05, 0.1) is 0 Å². The van der Waals surface area contributed by atoms with Crippen molar-refractivity contribution in [2.45, 2.75) is 0 Å². The Balaban J connectivity index is 1.71. The average molecular weight is 287 g/mol. The lowest BCUT2D eigenvalue weighted by atomic mass is 10.3. The summed E-state index contributed by atoms with van der Waals surface area (Å²) in [6.07, 6.45) is 0. The smallest absolute Gasteiger partial charge is 0.137 e. The summed E-state index contributed by atoms with van der Waals surface area (Å²) in [6, 6.07) is 8.03. The topological polar surface area (TPSA) is 30.3 Å². The van der Waals surface area contributed by atoms with E-state index in [1.54, 1.807) is 4.90 Å². The van der Waals surface area contributed by atoms with Crippen LogP contribution in [0.4, 0.5) is 0 Å². The number of quaternary nitrogens is 2. The number of hydrogen-bond donors (Lipinski definition) is 2. The SMILES string of the molecule is Brc1cccc(OCC[NH+]2CC[NH2+]CC2)c1. The largest absolute Gasteiger partial charge is 0.488 e. The summed E-state index contributed by atoms with van der Waals surface area (Å²) in [4.78, 5) is 1.66. The van der Waals surface area contributed by atoms with E-state index in [9.17, 15) is 0 Å². The fourth-order valence-electron chi connectivity index (χ4n) is 2.00. The summed E-state index contributed by atoms with van der Waals surface area (Å²) in [7, 11) is 0. The molecular weight excluding hydrogens is 268 g/mol. The van der Waals surface area contributed by atoms with Gasteiger partial charge in [0, 0.05) is 4.47 Å². The average Bonchev–Trinajstić information content (AvgIpc) is 2.30. The van der Waals surface area contributed by atoms with E-state index in [4.69, 9.17) is 4.74 Å². The van der Waals surface area contributed by atoms with E-state index in [0.29, 0.717) is 0 Å². The van der Waals surface area contributed by atoms with E-state index in [1.807, 2.05) is 24.3 Å². The Bertz CT molecular complexity index is 327. The third-order valence-corrected chi connectivity index (χ3v) is 3.42. The van der Waals surface area contributed by atoms with Crippen LogP contribution in [0.15, 0.2) is 28.7 Å². The molecule has 16 heavy (non-hydrogen) atoms. The highest BCUT2D eigenvalue weighted by atomic mass is 79.9. The zero-order valence-electron chi connectivity index (χ0n) is 9.42. The van der Waals surface area contributed by atoms with E-state index < -0.39 is 0 Å². The van der Waals surface area contributed by atoms with Crippen molar-refractivity contribution >= 4 is 15.9 Å². The lowest BCUT2D eigenvalue weighted by molar-refractivity contribution is -0.946. The number of benzene rings is 1. The lowest BCUT2D eigenvalue weighted by Gasteiger charge is -2.22. The van der Waals surface area contributed by atoms with Gasteiger partial charge >= 0.3 is 0 Å². The van der Waals surface area contributed by atoms with Crippen LogP contribution in [0, 0.1) is 0 Å². The predicted octanol–water partition coefficient (Wildman–Crippen LogP) is -0.710. The van der Waals surface area contributed by atoms with Crippen molar-refractivity contribution in [2.75, 3.05) is 39.3 Å². The Labute approximate surface area is 105 Å². The van der Waals surface area contributed by atoms with Crippen LogP contribution < -0.4 is 15.0 Å². The molecule has 3 nitrogen and oxygen atoms in total. The molecular formula is C12H19BrN2O+2. The zero-order valence-corrected chi connectivity index (χ0v) is 11.0. The highest BCUT2D eigenvalue weighted by molar-refractivity contribution is 9.10. The van der Waals surface area contributed by atoms with Crippen LogP contribution in [0.25, 0.3) is 0 Å². The van der Waals surface area contributed by atoms with Crippen LogP contribution in [-0.4, -0.2) is 39.3 Å².